The zero-order valence-corrected chi connectivity index (χ0v) is 9.09. The topological polar surface area (TPSA) is 0 Å². The maximum Gasteiger partial charge on any atom is -0.0173 e. The Morgan fingerprint density at radius 2 is 1.40 bits per heavy atom. The highest BCUT2D eigenvalue weighted by Gasteiger charge is 2.17. The van der Waals surface area contributed by atoms with E-state index in [1.165, 1.54) is 5.75 Å². The molecule has 0 radical (unpaired) electrons. The Bertz CT molecular complexity index is 92.9. The molecule has 0 aliphatic carbocycles. The van der Waals surface area contributed by atoms with E-state index in [1.54, 1.807) is 0 Å². The Labute approximate surface area is 67.7 Å². The molecule has 0 aliphatic rings. The van der Waals surface area contributed by atoms with Gasteiger partial charge >= 0.3 is 0 Å². The molecular formula is C9H22S. The molecule has 10 heavy (non-hydrogen) atoms. The molecule has 0 saturated heterocycles. The summed E-state index contributed by atoms with van der Waals surface area (Å²) in [7, 11) is -0.297. The molecule has 1 heteroatoms. The first-order valence-corrected chi connectivity index (χ1v) is 6.74. The molecular weight excluding hydrogens is 140 g/mol. The average molecular weight is 162 g/mol. The second-order valence-electron chi connectivity index (χ2n) is 4.23. The van der Waals surface area contributed by atoms with E-state index in [4.69, 9.17) is 0 Å². The van der Waals surface area contributed by atoms with Crippen LogP contribution >= 0.6 is 10.0 Å². The van der Waals surface area contributed by atoms with Crippen LogP contribution < -0.4 is 0 Å². The van der Waals surface area contributed by atoms with Crippen molar-refractivity contribution >= 4 is 10.0 Å². The van der Waals surface area contributed by atoms with E-state index in [9.17, 15) is 0 Å². The molecule has 0 aromatic heterocycles. The predicted octanol–water partition coefficient (Wildman–Crippen LogP) is 3.12. The van der Waals surface area contributed by atoms with Crippen LogP contribution in [0.5, 0.6) is 0 Å². The van der Waals surface area contributed by atoms with Gasteiger partial charge < -0.3 is 0 Å². The Morgan fingerprint density at radius 3 is 1.50 bits per heavy atom. The quantitative estimate of drug-likeness (QED) is 0.598. The third kappa shape index (κ3) is 3.50. The zero-order chi connectivity index (χ0) is 8.36. The van der Waals surface area contributed by atoms with Crippen molar-refractivity contribution < 1.29 is 0 Å². The lowest BCUT2D eigenvalue weighted by Gasteiger charge is -2.37. The number of hydrogen-bond donors (Lipinski definition) is 0. The Morgan fingerprint density at radius 1 is 1.00 bits per heavy atom. The van der Waals surface area contributed by atoms with Crippen LogP contribution in [-0.2, 0) is 0 Å². The van der Waals surface area contributed by atoms with Gasteiger partial charge in [0, 0.05) is 0 Å². The van der Waals surface area contributed by atoms with E-state index in [-0.39, 0.29) is 10.0 Å². The Balaban J connectivity index is 3.87. The molecule has 0 rings (SSSR count). The van der Waals surface area contributed by atoms with Gasteiger partial charge in [0.25, 0.3) is 0 Å². The largest absolute Gasteiger partial charge is 0.244 e. The van der Waals surface area contributed by atoms with E-state index in [1.807, 2.05) is 0 Å². The molecule has 0 saturated carbocycles. The Kier molecular flexibility index (Phi) is 3.79. The van der Waals surface area contributed by atoms with E-state index in [0.717, 1.165) is 11.2 Å². The fourth-order valence-electron chi connectivity index (χ4n) is 1.05. The van der Waals surface area contributed by atoms with Gasteiger partial charge in [-0.25, -0.2) is 10.0 Å². The lowest BCUT2D eigenvalue weighted by atomic mass is 10.3. The molecule has 0 spiro atoms. The molecule has 0 heterocycles. The first kappa shape index (κ1) is 10.3. The highest BCUT2D eigenvalue weighted by molar-refractivity contribution is 8.33. The van der Waals surface area contributed by atoms with Crippen LogP contribution in [0, 0.1) is 5.92 Å². The summed E-state index contributed by atoms with van der Waals surface area (Å²) in [5.74, 6) is 2.29. The van der Waals surface area contributed by atoms with Gasteiger partial charge in [-0.1, -0.05) is 27.7 Å². The van der Waals surface area contributed by atoms with Crippen molar-refractivity contribution in [2.45, 2.75) is 32.9 Å². The van der Waals surface area contributed by atoms with Crippen LogP contribution in [0.4, 0.5) is 0 Å². The molecule has 0 fully saturated rings. The van der Waals surface area contributed by atoms with Gasteiger partial charge in [-0.15, -0.1) is 0 Å². The van der Waals surface area contributed by atoms with Crippen molar-refractivity contribution in [3.63, 3.8) is 0 Å². The molecule has 0 aliphatic heterocycles. The SMILES string of the molecule is CC(C)CS(C)(C)C(C)C. The van der Waals surface area contributed by atoms with Crippen LogP contribution in [0.15, 0.2) is 0 Å². The third-order valence-corrected chi connectivity index (χ3v) is 6.12. The fraction of sp³-hybridized carbons (Fsp3) is 1.00. The summed E-state index contributed by atoms with van der Waals surface area (Å²) in [6.07, 6.45) is 4.88. The molecule has 0 N–H and O–H groups in total. The van der Waals surface area contributed by atoms with Crippen molar-refractivity contribution in [1.82, 2.24) is 0 Å². The van der Waals surface area contributed by atoms with Crippen LogP contribution in [0.1, 0.15) is 27.7 Å². The second-order valence-corrected chi connectivity index (χ2v) is 8.76. The lowest BCUT2D eigenvalue weighted by molar-refractivity contribution is 0.742. The zero-order valence-electron chi connectivity index (χ0n) is 8.27. The summed E-state index contributed by atoms with van der Waals surface area (Å²) in [6.45, 7) is 9.32. The van der Waals surface area contributed by atoms with Crippen LogP contribution in [0.3, 0.4) is 0 Å². The van der Waals surface area contributed by atoms with Crippen LogP contribution in [-0.4, -0.2) is 23.5 Å². The summed E-state index contributed by atoms with van der Waals surface area (Å²) in [5, 5.41) is 0.884. The highest BCUT2D eigenvalue weighted by Crippen LogP contribution is 2.46. The summed E-state index contributed by atoms with van der Waals surface area (Å²) >= 11 is 0. The molecule has 0 atom stereocenters. The minimum Gasteiger partial charge on any atom is -0.244 e. The summed E-state index contributed by atoms with van der Waals surface area (Å²) in [5.41, 5.74) is 0. The van der Waals surface area contributed by atoms with Crippen LogP contribution in [0.2, 0.25) is 0 Å². The van der Waals surface area contributed by atoms with E-state index < -0.39 is 0 Å². The number of rotatable bonds is 3. The first-order chi connectivity index (χ1) is 4.36. The summed E-state index contributed by atoms with van der Waals surface area (Å²) < 4.78 is 0. The van der Waals surface area contributed by atoms with Gasteiger partial charge in [-0.3, -0.25) is 0 Å². The van der Waals surface area contributed by atoms with Gasteiger partial charge in [0.1, 0.15) is 0 Å². The molecule has 0 aromatic rings. The summed E-state index contributed by atoms with van der Waals surface area (Å²) in [4.78, 5) is 0. The number of hydrogen-bond acceptors (Lipinski definition) is 0. The van der Waals surface area contributed by atoms with Crippen molar-refractivity contribution in [2.24, 2.45) is 5.92 Å². The van der Waals surface area contributed by atoms with Gasteiger partial charge in [0.2, 0.25) is 0 Å². The average Bonchev–Trinajstić information content (AvgIpc) is 1.60. The van der Waals surface area contributed by atoms with Crippen LogP contribution in [0.25, 0.3) is 0 Å². The van der Waals surface area contributed by atoms with E-state index in [0.29, 0.717) is 0 Å². The monoisotopic (exact) mass is 162 g/mol. The van der Waals surface area contributed by atoms with Crippen molar-refractivity contribution in [2.75, 3.05) is 18.3 Å². The second kappa shape index (κ2) is 3.66. The van der Waals surface area contributed by atoms with Gasteiger partial charge in [-0.2, -0.15) is 0 Å². The fourth-order valence-corrected chi connectivity index (χ4v) is 3.15. The molecule has 0 amide bonds. The normalized spacial score (nSPS) is 14.8. The van der Waals surface area contributed by atoms with E-state index >= 15 is 0 Å². The summed E-state index contributed by atoms with van der Waals surface area (Å²) in [6, 6.07) is 0. The maximum absolute atomic E-state index is 2.44. The Hall–Kier alpha value is 0.350. The molecule has 64 valence electrons. The standard InChI is InChI=1S/C9H22S/c1-8(2)7-10(5,6)9(3)4/h8-9H,7H2,1-6H3. The van der Waals surface area contributed by atoms with Gasteiger partial charge in [0.05, 0.1) is 0 Å². The first-order valence-electron chi connectivity index (χ1n) is 4.06. The smallest absolute Gasteiger partial charge is 0.0173 e. The molecule has 0 unspecified atom stereocenters. The van der Waals surface area contributed by atoms with Crippen molar-refractivity contribution in [3.8, 4) is 0 Å². The molecule has 0 aromatic carbocycles. The molecule has 0 nitrogen and oxygen atoms in total. The van der Waals surface area contributed by atoms with Gasteiger partial charge in [0.15, 0.2) is 0 Å². The lowest BCUT2D eigenvalue weighted by Crippen LogP contribution is -2.15. The molecule has 0 bridgehead atoms. The minimum atomic E-state index is -0.297. The van der Waals surface area contributed by atoms with Gasteiger partial charge in [-0.05, 0) is 29.4 Å². The van der Waals surface area contributed by atoms with Crippen molar-refractivity contribution in [3.05, 3.63) is 0 Å². The predicted molar refractivity (Wildman–Crippen MR) is 54.3 cm³/mol. The minimum absolute atomic E-state index is 0.297. The van der Waals surface area contributed by atoms with Crippen molar-refractivity contribution in [1.29, 1.82) is 0 Å². The third-order valence-electron chi connectivity index (χ3n) is 2.04. The van der Waals surface area contributed by atoms with E-state index in [2.05, 4.69) is 40.2 Å². The highest BCUT2D eigenvalue weighted by atomic mass is 32.3. The maximum atomic E-state index is 2.44.